The standard InChI is InChI=1S/C10H16ClNO2/c1-3-9(11)8(2)10(13)12-4-6-14-7-5-12/h3,8-9H,1,4-7H2,2H3/t8-,9+/m1/s1. The molecule has 1 aliphatic rings. The van der Waals surface area contributed by atoms with E-state index < -0.39 is 0 Å². The van der Waals surface area contributed by atoms with Crippen LogP contribution in [0, 0.1) is 5.92 Å². The molecule has 0 spiro atoms. The average molecular weight is 218 g/mol. The Labute approximate surface area is 89.7 Å². The molecule has 0 aliphatic carbocycles. The van der Waals surface area contributed by atoms with Crippen LogP contribution in [0.2, 0.25) is 0 Å². The van der Waals surface area contributed by atoms with Crippen molar-refractivity contribution in [2.45, 2.75) is 12.3 Å². The van der Waals surface area contributed by atoms with Gasteiger partial charge in [0.25, 0.3) is 0 Å². The lowest BCUT2D eigenvalue weighted by Crippen LogP contribution is -2.44. The smallest absolute Gasteiger partial charge is 0.227 e. The Morgan fingerprint density at radius 3 is 2.64 bits per heavy atom. The first-order valence-corrected chi connectivity index (χ1v) is 5.23. The molecule has 2 atom stereocenters. The fourth-order valence-electron chi connectivity index (χ4n) is 1.41. The second-order valence-corrected chi connectivity index (χ2v) is 3.91. The zero-order chi connectivity index (χ0) is 10.6. The summed E-state index contributed by atoms with van der Waals surface area (Å²) < 4.78 is 5.17. The van der Waals surface area contributed by atoms with Crippen LogP contribution >= 0.6 is 11.6 Å². The summed E-state index contributed by atoms with van der Waals surface area (Å²) in [4.78, 5) is 13.6. The fourth-order valence-corrected chi connectivity index (χ4v) is 1.52. The van der Waals surface area contributed by atoms with Gasteiger partial charge in [-0.05, 0) is 0 Å². The first-order valence-electron chi connectivity index (χ1n) is 4.80. The van der Waals surface area contributed by atoms with E-state index in [2.05, 4.69) is 6.58 Å². The summed E-state index contributed by atoms with van der Waals surface area (Å²) in [6.07, 6.45) is 1.60. The lowest BCUT2D eigenvalue weighted by atomic mass is 10.1. The van der Waals surface area contributed by atoms with Gasteiger partial charge in [0.15, 0.2) is 0 Å². The van der Waals surface area contributed by atoms with Crippen LogP contribution in [0.4, 0.5) is 0 Å². The molecule has 0 aromatic rings. The van der Waals surface area contributed by atoms with Crippen molar-refractivity contribution in [2.75, 3.05) is 26.3 Å². The largest absolute Gasteiger partial charge is 0.378 e. The van der Waals surface area contributed by atoms with Crippen LogP contribution in [0.3, 0.4) is 0 Å². The van der Waals surface area contributed by atoms with Crippen LogP contribution in [0.25, 0.3) is 0 Å². The molecule has 1 amide bonds. The molecule has 80 valence electrons. The number of amides is 1. The Morgan fingerprint density at radius 1 is 1.57 bits per heavy atom. The van der Waals surface area contributed by atoms with Crippen molar-refractivity contribution < 1.29 is 9.53 Å². The molecule has 0 saturated carbocycles. The van der Waals surface area contributed by atoms with Gasteiger partial charge in [-0.3, -0.25) is 4.79 Å². The third kappa shape index (κ3) is 2.72. The summed E-state index contributed by atoms with van der Waals surface area (Å²) in [5.74, 6) is -0.111. The number of nitrogens with zero attached hydrogens (tertiary/aromatic N) is 1. The van der Waals surface area contributed by atoms with Gasteiger partial charge >= 0.3 is 0 Å². The molecular weight excluding hydrogens is 202 g/mol. The van der Waals surface area contributed by atoms with Crippen molar-refractivity contribution in [3.8, 4) is 0 Å². The van der Waals surface area contributed by atoms with E-state index in [0.717, 1.165) is 0 Å². The SMILES string of the molecule is C=C[C@H](Cl)[C@@H](C)C(=O)N1CCOCC1. The van der Waals surface area contributed by atoms with Crippen LogP contribution in [0.15, 0.2) is 12.7 Å². The molecule has 0 bridgehead atoms. The maximum absolute atomic E-state index is 11.8. The highest BCUT2D eigenvalue weighted by atomic mass is 35.5. The third-order valence-corrected chi connectivity index (χ3v) is 2.97. The summed E-state index contributed by atoms with van der Waals surface area (Å²) in [6, 6.07) is 0. The van der Waals surface area contributed by atoms with E-state index in [9.17, 15) is 4.79 Å². The molecule has 1 saturated heterocycles. The minimum Gasteiger partial charge on any atom is -0.378 e. The van der Waals surface area contributed by atoms with Gasteiger partial charge in [-0.25, -0.2) is 0 Å². The van der Waals surface area contributed by atoms with Crippen LogP contribution in [0.5, 0.6) is 0 Å². The van der Waals surface area contributed by atoms with Crippen LogP contribution in [-0.2, 0) is 9.53 Å². The van der Waals surface area contributed by atoms with Crippen molar-refractivity contribution >= 4 is 17.5 Å². The Hall–Kier alpha value is -0.540. The third-order valence-electron chi connectivity index (χ3n) is 2.42. The summed E-state index contributed by atoms with van der Waals surface area (Å²) in [7, 11) is 0. The lowest BCUT2D eigenvalue weighted by molar-refractivity contribution is -0.138. The lowest BCUT2D eigenvalue weighted by Gasteiger charge is -2.30. The zero-order valence-corrected chi connectivity index (χ0v) is 9.17. The van der Waals surface area contributed by atoms with E-state index in [4.69, 9.17) is 16.3 Å². The second-order valence-electron chi connectivity index (χ2n) is 3.41. The van der Waals surface area contributed by atoms with Crippen LogP contribution in [0.1, 0.15) is 6.92 Å². The molecule has 0 radical (unpaired) electrons. The van der Waals surface area contributed by atoms with E-state index in [1.165, 1.54) is 0 Å². The Kier molecular flexibility index (Phi) is 4.42. The zero-order valence-electron chi connectivity index (χ0n) is 8.41. The molecule has 3 nitrogen and oxygen atoms in total. The number of rotatable bonds is 3. The summed E-state index contributed by atoms with van der Waals surface area (Å²) in [5, 5.41) is -0.287. The number of ether oxygens (including phenoxy) is 1. The molecule has 0 N–H and O–H groups in total. The molecule has 0 unspecified atom stereocenters. The van der Waals surface area contributed by atoms with Crippen molar-refractivity contribution in [2.24, 2.45) is 5.92 Å². The minimum atomic E-state index is -0.287. The fraction of sp³-hybridized carbons (Fsp3) is 0.700. The highest BCUT2D eigenvalue weighted by molar-refractivity contribution is 6.23. The van der Waals surface area contributed by atoms with Gasteiger partial charge in [0.05, 0.1) is 24.5 Å². The van der Waals surface area contributed by atoms with Gasteiger partial charge in [0.2, 0.25) is 5.91 Å². The Bertz CT molecular complexity index is 214. The first-order chi connectivity index (χ1) is 6.66. The van der Waals surface area contributed by atoms with Gasteiger partial charge in [-0.15, -0.1) is 18.2 Å². The molecule has 1 heterocycles. The summed E-state index contributed by atoms with van der Waals surface area (Å²) in [6.45, 7) is 8.00. The topological polar surface area (TPSA) is 29.5 Å². The number of alkyl halides is 1. The minimum absolute atomic E-state index is 0.0909. The van der Waals surface area contributed by atoms with Crippen molar-refractivity contribution in [1.82, 2.24) is 4.90 Å². The van der Waals surface area contributed by atoms with E-state index >= 15 is 0 Å². The van der Waals surface area contributed by atoms with E-state index in [1.807, 2.05) is 6.92 Å². The van der Waals surface area contributed by atoms with Gasteiger partial charge in [0, 0.05) is 13.1 Å². The van der Waals surface area contributed by atoms with Crippen molar-refractivity contribution in [1.29, 1.82) is 0 Å². The molecule has 1 aliphatic heterocycles. The first kappa shape index (κ1) is 11.5. The molecular formula is C10H16ClNO2. The van der Waals surface area contributed by atoms with E-state index in [1.54, 1.807) is 11.0 Å². The molecule has 14 heavy (non-hydrogen) atoms. The van der Waals surface area contributed by atoms with Gasteiger partial charge in [-0.1, -0.05) is 13.0 Å². The number of carbonyl (C=O) groups is 1. The Morgan fingerprint density at radius 2 is 2.14 bits per heavy atom. The predicted octanol–water partition coefficient (Wildman–Crippen LogP) is 1.27. The molecule has 0 aromatic heterocycles. The molecule has 1 rings (SSSR count). The Balaban J connectivity index is 2.49. The van der Waals surface area contributed by atoms with E-state index in [0.29, 0.717) is 26.3 Å². The molecule has 0 aromatic carbocycles. The number of carbonyl (C=O) groups excluding carboxylic acids is 1. The number of hydrogen-bond donors (Lipinski definition) is 0. The highest BCUT2D eigenvalue weighted by Crippen LogP contribution is 2.15. The van der Waals surface area contributed by atoms with Crippen molar-refractivity contribution in [3.05, 3.63) is 12.7 Å². The summed E-state index contributed by atoms with van der Waals surface area (Å²) >= 11 is 5.93. The quantitative estimate of drug-likeness (QED) is 0.527. The summed E-state index contributed by atoms with van der Waals surface area (Å²) in [5.41, 5.74) is 0. The van der Waals surface area contributed by atoms with Crippen molar-refractivity contribution in [3.63, 3.8) is 0 Å². The van der Waals surface area contributed by atoms with Gasteiger partial charge in [-0.2, -0.15) is 0 Å². The molecule has 4 heteroatoms. The predicted molar refractivity (Wildman–Crippen MR) is 56.4 cm³/mol. The number of morpholine rings is 1. The number of halogens is 1. The van der Waals surface area contributed by atoms with Crippen LogP contribution < -0.4 is 0 Å². The maximum atomic E-state index is 11.8. The maximum Gasteiger partial charge on any atom is 0.227 e. The normalized spacial score (nSPS) is 21.4. The monoisotopic (exact) mass is 217 g/mol. The van der Waals surface area contributed by atoms with Gasteiger partial charge < -0.3 is 9.64 Å². The number of hydrogen-bond acceptors (Lipinski definition) is 2. The highest BCUT2D eigenvalue weighted by Gasteiger charge is 2.25. The molecule has 1 fully saturated rings. The van der Waals surface area contributed by atoms with E-state index in [-0.39, 0.29) is 17.2 Å². The second kappa shape index (κ2) is 5.37. The average Bonchev–Trinajstić information content (AvgIpc) is 2.27. The van der Waals surface area contributed by atoms with Crippen LogP contribution in [-0.4, -0.2) is 42.5 Å². The van der Waals surface area contributed by atoms with Gasteiger partial charge in [0.1, 0.15) is 0 Å². The number of allylic oxidation sites excluding steroid dienone is 1.